The molecule has 178 valence electrons. The van der Waals surface area contributed by atoms with Gasteiger partial charge in [0, 0.05) is 35.9 Å². The van der Waals surface area contributed by atoms with Gasteiger partial charge in [-0.3, -0.25) is 9.89 Å². The van der Waals surface area contributed by atoms with Crippen molar-refractivity contribution in [1.82, 2.24) is 20.2 Å². The third-order valence-electron chi connectivity index (χ3n) is 7.44. The van der Waals surface area contributed by atoms with E-state index in [0.29, 0.717) is 6.54 Å². The summed E-state index contributed by atoms with van der Waals surface area (Å²) < 4.78 is 0. The summed E-state index contributed by atoms with van der Waals surface area (Å²) in [6.45, 7) is 3.66. The van der Waals surface area contributed by atoms with Gasteiger partial charge in [0.15, 0.2) is 0 Å². The summed E-state index contributed by atoms with van der Waals surface area (Å²) in [7, 11) is 0. The average molecular weight is 468 g/mol. The Balaban J connectivity index is 1.31. The van der Waals surface area contributed by atoms with E-state index in [0.717, 1.165) is 77.9 Å². The van der Waals surface area contributed by atoms with Crippen LogP contribution in [0.4, 0.5) is 11.5 Å². The van der Waals surface area contributed by atoms with Crippen LogP contribution in [0.3, 0.4) is 0 Å². The number of amides is 1. The van der Waals surface area contributed by atoms with Gasteiger partial charge in [0.25, 0.3) is 0 Å². The molecule has 1 amide bonds. The van der Waals surface area contributed by atoms with Crippen LogP contribution in [0.15, 0.2) is 48.9 Å². The van der Waals surface area contributed by atoms with Crippen molar-refractivity contribution in [2.24, 2.45) is 5.73 Å². The molecule has 2 aromatic heterocycles. The Labute approximate surface area is 204 Å². The summed E-state index contributed by atoms with van der Waals surface area (Å²) in [6.07, 6.45) is 7.84. The van der Waals surface area contributed by atoms with Gasteiger partial charge in [0.2, 0.25) is 5.91 Å². The zero-order valence-electron chi connectivity index (χ0n) is 19.8. The Hall–Kier alpha value is -3.78. The van der Waals surface area contributed by atoms with Crippen LogP contribution in [0.2, 0.25) is 0 Å². The van der Waals surface area contributed by atoms with Crippen LogP contribution in [-0.2, 0) is 17.8 Å². The number of aryl methyl sites for hydroxylation is 1. The third kappa shape index (κ3) is 3.93. The quantitative estimate of drug-likeness (QED) is 0.416. The topological polar surface area (TPSA) is 113 Å². The molecule has 4 N–H and O–H groups in total. The predicted molar refractivity (Wildman–Crippen MR) is 137 cm³/mol. The highest BCUT2D eigenvalue weighted by atomic mass is 16.2. The van der Waals surface area contributed by atoms with E-state index in [1.807, 2.05) is 12.1 Å². The first kappa shape index (κ1) is 21.7. The molecule has 8 heteroatoms. The molecule has 3 heterocycles. The van der Waals surface area contributed by atoms with Crippen LogP contribution in [0, 0.1) is 6.92 Å². The normalized spacial score (nSPS) is 16.9. The minimum atomic E-state index is -0.744. The number of nitrogens with zero attached hydrogens (tertiary/aromatic N) is 4. The maximum absolute atomic E-state index is 12.8. The Kier molecular flexibility index (Phi) is 5.25. The van der Waals surface area contributed by atoms with Gasteiger partial charge in [-0.05, 0) is 73.2 Å². The monoisotopic (exact) mass is 467 g/mol. The Morgan fingerprint density at radius 1 is 1.11 bits per heavy atom. The molecule has 0 bridgehead atoms. The van der Waals surface area contributed by atoms with E-state index in [4.69, 9.17) is 10.7 Å². The van der Waals surface area contributed by atoms with Crippen molar-refractivity contribution in [3.63, 3.8) is 0 Å². The first-order valence-electron chi connectivity index (χ1n) is 12.2. The molecule has 0 saturated heterocycles. The summed E-state index contributed by atoms with van der Waals surface area (Å²) in [5.74, 6) is 0.845. The Morgan fingerprint density at radius 3 is 2.77 bits per heavy atom. The van der Waals surface area contributed by atoms with Crippen LogP contribution in [0.5, 0.6) is 0 Å². The van der Waals surface area contributed by atoms with Crippen molar-refractivity contribution in [2.45, 2.75) is 51.1 Å². The van der Waals surface area contributed by atoms with E-state index in [1.165, 1.54) is 11.1 Å². The van der Waals surface area contributed by atoms with E-state index in [-0.39, 0.29) is 5.91 Å². The number of rotatable bonds is 4. The number of aromatic nitrogens is 4. The molecular formula is C27H29N7O. The van der Waals surface area contributed by atoms with Gasteiger partial charge in [0.05, 0.1) is 16.7 Å². The summed E-state index contributed by atoms with van der Waals surface area (Å²) in [5.41, 5.74) is 13.0. The lowest BCUT2D eigenvalue weighted by atomic mass is 9.96. The van der Waals surface area contributed by atoms with E-state index in [9.17, 15) is 4.79 Å². The van der Waals surface area contributed by atoms with Gasteiger partial charge >= 0.3 is 0 Å². The molecule has 0 unspecified atom stereocenters. The zero-order chi connectivity index (χ0) is 24.0. The number of H-pyrrole nitrogens is 1. The molecule has 0 spiro atoms. The molecule has 8 nitrogen and oxygen atoms in total. The Morgan fingerprint density at radius 2 is 1.97 bits per heavy atom. The first-order valence-corrected chi connectivity index (χ1v) is 12.2. The molecular weight excluding hydrogens is 438 g/mol. The van der Waals surface area contributed by atoms with E-state index >= 15 is 0 Å². The van der Waals surface area contributed by atoms with Crippen molar-refractivity contribution >= 4 is 28.3 Å². The largest absolute Gasteiger partial charge is 0.351 e. The Bertz CT molecular complexity index is 1410. The van der Waals surface area contributed by atoms with Crippen LogP contribution in [0.25, 0.3) is 22.2 Å². The summed E-state index contributed by atoms with van der Waals surface area (Å²) in [5, 5.41) is 11.2. The van der Waals surface area contributed by atoms with E-state index in [2.05, 4.69) is 56.6 Å². The number of nitrogens with two attached hydrogens (primary N) is 1. The molecule has 1 saturated carbocycles. The second-order valence-electron chi connectivity index (χ2n) is 9.83. The predicted octanol–water partition coefficient (Wildman–Crippen LogP) is 4.10. The number of benzene rings is 2. The number of carbonyl (C=O) groups excluding carboxylic acids is 1. The van der Waals surface area contributed by atoms with Gasteiger partial charge in [-0.25, -0.2) is 9.97 Å². The average Bonchev–Trinajstić information content (AvgIpc) is 3.56. The second-order valence-corrected chi connectivity index (χ2v) is 9.83. The number of anilines is 2. The first-order chi connectivity index (χ1) is 17.0. The van der Waals surface area contributed by atoms with Gasteiger partial charge in [-0.2, -0.15) is 5.10 Å². The molecule has 2 aromatic carbocycles. The molecule has 0 radical (unpaired) electrons. The number of nitrogens with one attached hydrogen (secondary N) is 2. The maximum Gasteiger partial charge on any atom is 0.244 e. The number of hydrogen-bond acceptors (Lipinski definition) is 6. The number of fused-ring (bicyclic) bond motifs is 2. The van der Waals surface area contributed by atoms with Crippen LogP contribution >= 0.6 is 0 Å². The third-order valence-corrected chi connectivity index (χ3v) is 7.44. The highest BCUT2D eigenvalue weighted by Gasteiger charge is 2.37. The standard InChI is InChI=1S/C27H29N7O/c1-17-12-19(23-6-10-31-33-23)14-22-24(17)29-16-30-25(22)34-11-7-18-4-5-21(13-20(18)15-34)32-26(35)27(28)8-2-3-9-27/h4-6,10,12-14,16H,2-3,7-9,11,15,28H2,1H3,(H,31,33)(H,32,35). The second kappa shape index (κ2) is 8.46. The fraction of sp³-hybridized carbons (Fsp3) is 0.333. The fourth-order valence-corrected chi connectivity index (χ4v) is 5.46. The highest BCUT2D eigenvalue weighted by molar-refractivity contribution is 5.98. The minimum absolute atomic E-state index is 0.0776. The van der Waals surface area contributed by atoms with Gasteiger partial charge < -0.3 is 16.0 Å². The van der Waals surface area contributed by atoms with Gasteiger partial charge in [-0.15, -0.1) is 0 Å². The molecule has 1 aliphatic carbocycles. The maximum atomic E-state index is 12.8. The van der Waals surface area contributed by atoms with Crippen LogP contribution in [0.1, 0.15) is 42.4 Å². The molecule has 1 fully saturated rings. The van der Waals surface area contributed by atoms with Crippen LogP contribution < -0.4 is 16.0 Å². The molecule has 35 heavy (non-hydrogen) atoms. The fourth-order valence-electron chi connectivity index (χ4n) is 5.46. The lowest BCUT2D eigenvalue weighted by Gasteiger charge is -2.31. The van der Waals surface area contributed by atoms with Crippen molar-refractivity contribution < 1.29 is 4.79 Å². The summed E-state index contributed by atoms with van der Waals surface area (Å²) >= 11 is 0. The number of hydrogen-bond donors (Lipinski definition) is 3. The molecule has 0 atom stereocenters. The number of aromatic amines is 1. The molecule has 4 aromatic rings. The summed E-state index contributed by atoms with van der Waals surface area (Å²) in [4.78, 5) is 24.4. The van der Waals surface area contributed by atoms with Crippen LogP contribution in [-0.4, -0.2) is 38.2 Å². The number of carbonyl (C=O) groups is 1. The SMILES string of the molecule is Cc1cc(-c2ccn[nH]2)cc2c(N3CCc4ccc(NC(=O)C5(N)CCCC5)cc4C3)ncnc12. The van der Waals surface area contributed by atoms with Gasteiger partial charge in [-0.1, -0.05) is 18.9 Å². The minimum Gasteiger partial charge on any atom is -0.351 e. The lowest BCUT2D eigenvalue weighted by Crippen LogP contribution is -2.48. The molecule has 2 aliphatic rings. The van der Waals surface area contributed by atoms with E-state index < -0.39 is 5.54 Å². The van der Waals surface area contributed by atoms with Crippen molar-refractivity contribution in [3.05, 3.63) is 65.6 Å². The molecule has 1 aliphatic heterocycles. The molecule has 6 rings (SSSR count). The van der Waals surface area contributed by atoms with Crippen molar-refractivity contribution in [3.8, 4) is 11.3 Å². The van der Waals surface area contributed by atoms with E-state index in [1.54, 1.807) is 12.5 Å². The summed E-state index contributed by atoms with van der Waals surface area (Å²) in [6, 6.07) is 12.4. The van der Waals surface area contributed by atoms with Crippen molar-refractivity contribution in [2.75, 3.05) is 16.8 Å². The van der Waals surface area contributed by atoms with Gasteiger partial charge in [0.1, 0.15) is 12.1 Å². The lowest BCUT2D eigenvalue weighted by molar-refractivity contribution is -0.121. The van der Waals surface area contributed by atoms with Crippen molar-refractivity contribution in [1.29, 1.82) is 0 Å². The zero-order valence-corrected chi connectivity index (χ0v) is 19.8. The highest BCUT2D eigenvalue weighted by Crippen LogP contribution is 2.34. The smallest absolute Gasteiger partial charge is 0.244 e.